The molecule has 4 rings (SSSR count). The minimum absolute atomic E-state index is 0.235. The van der Waals surface area contributed by atoms with Crippen molar-refractivity contribution in [2.45, 2.75) is 83.5 Å². The monoisotopic (exact) mass is 465 g/mol. The molecule has 4 fully saturated rings. The van der Waals surface area contributed by atoms with Gasteiger partial charge in [0.1, 0.15) is 6.10 Å². The number of halogens is 2. The van der Waals surface area contributed by atoms with Crippen LogP contribution >= 0.6 is 0 Å². The number of aliphatic hydroxyl groups excluding tert-OH is 2. The smallest absolute Gasteiger partial charge is 0.265 e. The zero-order valence-corrected chi connectivity index (χ0v) is 20.2. The summed E-state index contributed by atoms with van der Waals surface area (Å²) in [4.78, 5) is 2.18. The lowest BCUT2D eigenvalue weighted by molar-refractivity contribution is -0.106. The predicted octanol–water partition coefficient (Wildman–Crippen LogP) is 4.73. The summed E-state index contributed by atoms with van der Waals surface area (Å²) >= 11 is 0. The van der Waals surface area contributed by atoms with Crippen molar-refractivity contribution in [1.29, 1.82) is 0 Å². The number of alkyl halides is 2. The average Bonchev–Trinajstić information content (AvgIpc) is 3.13. The maximum atomic E-state index is 13.1. The quantitative estimate of drug-likeness (QED) is 0.616. The lowest BCUT2D eigenvalue weighted by Crippen LogP contribution is -2.48. The molecule has 0 amide bonds. The van der Waals surface area contributed by atoms with Crippen molar-refractivity contribution in [3.05, 3.63) is 35.5 Å². The molecule has 1 aliphatic heterocycles. The standard InChI is InChI=1S/C27H41F2NO3/c1-17(15-30-11-12-33-25(16-30)26(28)29)22-8-9-23-19(5-4-10-27(22,23)3)6-7-20-13-21(31)14-24(32)18(20)2/h6-7,17,21-26,31-32H,2,4-5,8-16H2,1,3H3/b19-6+,20-7-/t17-,21-,22-,23+,24+,25-,27-/m1/s1. The first-order valence-electron chi connectivity index (χ1n) is 12.8. The number of morpholine rings is 1. The van der Waals surface area contributed by atoms with Crippen LogP contribution in [0.25, 0.3) is 0 Å². The molecule has 4 nitrogen and oxygen atoms in total. The maximum absolute atomic E-state index is 13.1. The summed E-state index contributed by atoms with van der Waals surface area (Å²) < 4.78 is 31.5. The second kappa shape index (κ2) is 10.3. The summed E-state index contributed by atoms with van der Waals surface area (Å²) in [6, 6.07) is 0. The van der Waals surface area contributed by atoms with Crippen LogP contribution in [-0.4, -0.2) is 66.1 Å². The molecule has 0 aromatic rings. The molecule has 0 bridgehead atoms. The topological polar surface area (TPSA) is 52.9 Å². The highest BCUT2D eigenvalue weighted by Gasteiger charge is 2.50. The Morgan fingerprint density at radius 1 is 1.27 bits per heavy atom. The van der Waals surface area contributed by atoms with Gasteiger partial charge in [-0.15, -0.1) is 0 Å². The molecule has 33 heavy (non-hydrogen) atoms. The third-order valence-electron chi connectivity index (χ3n) is 8.99. The van der Waals surface area contributed by atoms with Crippen molar-refractivity contribution in [2.24, 2.45) is 23.2 Å². The minimum atomic E-state index is -2.42. The molecule has 7 atom stereocenters. The zero-order chi connectivity index (χ0) is 23.8. The maximum Gasteiger partial charge on any atom is 0.265 e. The summed E-state index contributed by atoms with van der Waals surface area (Å²) in [6.45, 7) is 11.1. The molecule has 4 aliphatic rings. The Bertz CT molecular complexity index is 781. The average molecular weight is 466 g/mol. The van der Waals surface area contributed by atoms with Crippen molar-refractivity contribution in [3.8, 4) is 0 Å². The Balaban J connectivity index is 1.44. The highest BCUT2D eigenvalue weighted by molar-refractivity contribution is 5.38. The van der Waals surface area contributed by atoms with E-state index < -0.39 is 24.7 Å². The lowest BCUT2D eigenvalue weighted by atomic mass is 9.61. The number of fused-ring (bicyclic) bond motifs is 1. The molecular formula is C27H41F2NO3. The molecule has 0 radical (unpaired) electrons. The fourth-order valence-corrected chi connectivity index (χ4v) is 7.26. The van der Waals surface area contributed by atoms with Crippen LogP contribution in [-0.2, 0) is 4.74 Å². The van der Waals surface area contributed by atoms with E-state index in [0.29, 0.717) is 43.7 Å². The summed E-state index contributed by atoms with van der Waals surface area (Å²) in [5.74, 6) is 1.58. The number of rotatable bonds is 5. The van der Waals surface area contributed by atoms with Crippen molar-refractivity contribution < 1.29 is 23.7 Å². The van der Waals surface area contributed by atoms with Gasteiger partial charge in [-0.1, -0.05) is 38.2 Å². The minimum Gasteiger partial charge on any atom is -0.393 e. The highest BCUT2D eigenvalue weighted by Crippen LogP contribution is 2.59. The van der Waals surface area contributed by atoms with Crippen molar-refractivity contribution in [1.82, 2.24) is 4.90 Å². The SMILES string of the molecule is C=C1/C(=C\C=C2/CCC[C@]3(C)[C@@H]([C@H](C)CN4CCO[C@@H](C(F)F)C4)CC[C@@H]23)C[C@@H](O)C[C@@H]1O. The van der Waals surface area contributed by atoms with Crippen LogP contribution in [0.1, 0.15) is 58.8 Å². The molecule has 0 aromatic heterocycles. The largest absolute Gasteiger partial charge is 0.393 e. The molecule has 2 N–H and O–H groups in total. The van der Waals surface area contributed by atoms with Gasteiger partial charge in [0.05, 0.1) is 18.8 Å². The van der Waals surface area contributed by atoms with Gasteiger partial charge in [0.15, 0.2) is 0 Å². The van der Waals surface area contributed by atoms with Crippen molar-refractivity contribution in [3.63, 3.8) is 0 Å². The van der Waals surface area contributed by atoms with E-state index in [1.54, 1.807) is 0 Å². The Hall–Kier alpha value is -1.08. The summed E-state index contributed by atoms with van der Waals surface area (Å²) in [5, 5.41) is 20.2. The van der Waals surface area contributed by atoms with E-state index in [0.717, 1.165) is 30.7 Å². The van der Waals surface area contributed by atoms with E-state index in [1.807, 2.05) is 0 Å². The summed E-state index contributed by atoms with van der Waals surface area (Å²) in [6.07, 6.45) is 6.57. The van der Waals surface area contributed by atoms with E-state index in [4.69, 9.17) is 4.74 Å². The molecule has 3 aliphatic carbocycles. The number of hydrogen-bond acceptors (Lipinski definition) is 4. The van der Waals surface area contributed by atoms with Crippen LogP contribution < -0.4 is 0 Å². The first-order chi connectivity index (χ1) is 15.7. The van der Waals surface area contributed by atoms with Gasteiger partial charge in [-0.05, 0) is 72.8 Å². The first kappa shape index (κ1) is 25.0. The van der Waals surface area contributed by atoms with Gasteiger partial charge in [-0.2, -0.15) is 0 Å². The molecule has 1 heterocycles. The van der Waals surface area contributed by atoms with Gasteiger partial charge in [-0.25, -0.2) is 8.78 Å². The van der Waals surface area contributed by atoms with Gasteiger partial charge in [0, 0.05) is 26.1 Å². The van der Waals surface area contributed by atoms with Crippen LogP contribution in [0.4, 0.5) is 8.78 Å². The molecule has 1 saturated heterocycles. The van der Waals surface area contributed by atoms with Gasteiger partial charge >= 0.3 is 0 Å². The lowest BCUT2D eigenvalue weighted by Gasteiger charge is -2.45. The van der Waals surface area contributed by atoms with Crippen LogP contribution in [0.15, 0.2) is 35.5 Å². The number of nitrogens with zero attached hydrogens (tertiary/aromatic N) is 1. The Morgan fingerprint density at radius 3 is 2.82 bits per heavy atom. The number of aliphatic hydroxyl groups is 2. The van der Waals surface area contributed by atoms with Gasteiger partial charge in [0.2, 0.25) is 0 Å². The van der Waals surface area contributed by atoms with E-state index in [-0.39, 0.29) is 5.41 Å². The molecule has 0 unspecified atom stereocenters. The number of allylic oxidation sites excluding steroid dienone is 3. The Morgan fingerprint density at radius 2 is 2.06 bits per heavy atom. The fraction of sp³-hybridized carbons (Fsp3) is 0.778. The highest BCUT2D eigenvalue weighted by atomic mass is 19.3. The van der Waals surface area contributed by atoms with Crippen LogP contribution in [0.3, 0.4) is 0 Å². The molecule has 3 saturated carbocycles. The summed E-state index contributed by atoms with van der Waals surface area (Å²) in [7, 11) is 0. The first-order valence-corrected chi connectivity index (χ1v) is 12.8. The normalized spacial score (nSPS) is 41.7. The van der Waals surface area contributed by atoms with E-state index in [9.17, 15) is 19.0 Å². The van der Waals surface area contributed by atoms with E-state index >= 15 is 0 Å². The zero-order valence-electron chi connectivity index (χ0n) is 20.2. The third kappa shape index (κ3) is 5.29. The summed E-state index contributed by atoms with van der Waals surface area (Å²) in [5.41, 5.74) is 3.42. The van der Waals surface area contributed by atoms with Crippen molar-refractivity contribution in [2.75, 3.05) is 26.2 Å². The van der Waals surface area contributed by atoms with E-state index in [2.05, 4.69) is 37.5 Å². The number of ether oxygens (including phenoxy) is 1. The second-order valence-electron chi connectivity index (χ2n) is 11.1. The molecule has 0 aromatic carbocycles. The second-order valence-corrected chi connectivity index (χ2v) is 11.1. The Kier molecular flexibility index (Phi) is 7.79. The number of hydrogen-bond donors (Lipinski definition) is 2. The van der Waals surface area contributed by atoms with E-state index in [1.165, 1.54) is 31.3 Å². The third-order valence-corrected chi connectivity index (χ3v) is 8.99. The van der Waals surface area contributed by atoms with Gasteiger partial charge < -0.3 is 14.9 Å². The molecule has 0 spiro atoms. The predicted molar refractivity (Wildman–Crippen MR) is 126 cm³/mol. The molecular weight excluding hydrogens is 424 g/mol. The fourth-order valence-electron chi connectivity index (χ4n) is 7.26. The van der Waals surface area contributed by atoms with Crippen molar-refractivity contribution >= 4 is 0 Å². The van der Waals surface area contributed by atoms with Gasteiger partial charge in [-0.3, -0.25) is 4.90 Å². The molecule has 6 heteroatoms. The van der Waals surface area contributed by atoms with Crippen LogP contribution in [0, 0.1) is 23.2 Å². The Labute approximate surface area is 197 Å². The van der Waals surface area contributed by atoms with Crippen LogP contribution in [0.5, 0.6) is 0 Å². The van der Waals surface area contributed by atoms with Gasteiger partial charge in [0.25, 0.3) is 6.43 Å². The molecule has 186 valence electrons. The van der Waals surface area contributed by atoms with Crippen LogP contribution in [0.2, 0.25) is 0 Å².